The average molecular weight is 246 g/mol. The molecule has 2 rings (SSSR count). The van der Waals surface area contributed by atoms with Gasteiger partial charge >= 0.3 is 0 Å². The standard InChI is InChI=1S/C14H15FN2O/c1-10-4-5-12(15)9-13(10)18-14-11(6-7-16)3-2-8-17-14/h2-5,8-9H,6-7,16H2,1H3. The molecule has 0 aliphatic rings. The summed E-state index contributed by atoms with van der Waals surface area (Å²) in [5.41, 5.74) is 7.32. The van der Waals surface area contributed by atoms with Crippen LogP contribution < -0.4 is 10.5 Å². The molecular weight excluding hydrogens is 231 g/mol. The molecule has 0 amide bonds. The topological polar surface area (TPSA) is 48.1 Å². The van der Waals surface area contributed by atoms with Crippen LogP contribution in [-0.2, 0) is 6.42 Å². The molecule has 18 heavy (non-hydrogen) atoms. The first-order valence-electron chi connectivity index (χ1n) is 5.78. The van der Waals surface area contributed by atoms with Gasteiger partial charge in [-0.05, 0) is 37.6 Å². The van der Waals surface area contributed by atoms with Crippen molar-refractivity contribution in [1.29, 1.82) is 0 Å². The first kappa shape index (κ1) is 12.5. The summed E-state index contributed by atoms with van der Waals surface area (Å²) in [6.45, 7) is 2.38. The molecule has 0 atom stereocenters. The van der Waals surface area contributed by atoms with E-state index in [1.807, 2.05) is 19.1 Å². The summed E-state index contributed by atoms with van der Waals surface area (Å²) in [7, 11) is 0. The molecule has 3 nitrogen and oxygen atoms in total. The molecule has 0 unspecified atom stereocenters. The van der Waals surface area contributed by atoms with Crippen molar-refractivity contribution in [1.82, 2.24) is 4.98 Å². The van der Waals surface area contributed by atoms with Crippen LogP contribution in [-0.4, -0.2) is 11.5 Å². The van der Waals surface area contributed by atoms with Gasteiger partial charge in [-0.3, -0.25) is 0 Å². The fourth-order valence-corrected chi connectivity index (χ4v) is 1.65. The van der Waals surface area contributed by atoms with Crippen molar-refractivity contribution in [3.8, 4) is 11.6 Å². The SMILES string of the molecule is Cc1ccc(F)cc1Oc1ncccc1CCN. The summed E-state index contributed by atoms with van der Waals surface area (Å²) in [6, 6.07) is 8.17. The van der Waals surface area contributed by atoms with Gasteiger partial charge in [-0.15, -0.1) is 0 Å². The Bertz CT molecular complexity index is 543. The van der Waals surface area contributed by atoms with E-state index in [0.29, 0.717) is 24.6 Å². The first-order valence-corrected chi connectivity index (χ1v) is 5.78. The van der Waals surface area contributed by atoms with Gasteiger partial charge in [0.1, 0.15) is 11.6 Å². The van der Waals surface area contributed by atoms with Crippen LogP contribution in [0.1, 0.15) is 11.1 Å². The van der Waals surface area contributed by atoms with Crippen LogP contribution in [0.25, 0.3) is 0 Å². The largest absolute Gasteiger partial charge is 0.438 e. The number of halogens is 1. The van der Waals surface area contributed by atoms with Crippen molar-refractivity contribution in [2.24, 2.45) is 5.73 Å². The van der Waals surface area contributed by atoms with Crippen LogP contribution in [0.4, 0.5) is 4.39 Å². The normalized spacial score (nSPS) is 10.4. The Morgan fingerprint density at radius 1 is 1.33 bits per heavy atom. The predicted octanol–water partition coefficient (Wildman–Crippen LogP) is 2.82. The summed E-state index contributed by atoms with van der Waals surface area (Å²) in [4.78, 5) is 4.16. The van der Waals surface area contributed by atoms with E-state index in [9.17, 15) is 4.39 Å². The molecule has 0 aliphatic carbocycles. The van der Waals surface area contributed by atoms with Crippen molar-refractivity contribution < 1.29 is 9.13 Å². The second-order valence-electron chi connectivity index (χ2n) is 4.02. The third-order valence-electron chi connectivity index (χ3n) is 2.62. The molecule has 94 valence electrons. The zero-order chi connectivity index (χ0) is 13.0. The van der Waals surface area contributed by atoms with Crippen molar-refractivity contribution in [2.75, 3.05) is 6.54 Å². The number of rotatable bonds is 4. The molecule has 0 saturated heterocycles. The fraction of sp³-hybridized carbons (Fsp3) is 0.214. The molecule has 0 saturated carbocycles. The molecule has 0 radical (unpaired) electrons. The first-order chi connectivity index (χ1) is 8.70. The van der Waals surface area contributed by atoms with E-state index in [0.717, 1.165) is 11.1 Å². The maximum atomic E-state index is 13.2. The quantitative estimate of drug-likeness (QED) is 0.902. The van der Waals surface area contributed by atoms with E-state index in [4.69, 9.17) is 10.5 Å². The Balaban J connectivity index is 2.30. The summed E-state index contributed by atoms with van der Waals surface area (Å²) < 4.78 is 18.8. The minimum absolute atomic E-state index is 0.327. The summed E-state index contributed by atoms with van der Waals surface area (Å²) in [5.74, 6) is 0.635. The van der Waals surface area contributed by atoms with E-state index >= 15 is 0 Å². The summed E-state index contributed by atoms with van der Waals surface area (Å²) in [6.07, 6.45) is 2.32. The zero-order valence-electron chi connectivity index (χ0n) is 10.2. The number of hydrogen-bond donors (Lipinski definition) is 1. The van der Waals surface area contributed by atoms with Gasteiger partial charge in [-0.2, -0.15) is 0 Å². The number of nitrogens with two attached hydrogens (primary N) is 1. The number of pyridine rings is 1. The van der Waals surface area contributed by atoms with Crippen LogP contribution in [0.3, 0.4) is 0 Å². The highest BCUT2D eigenvalue weighted by Gasteiger charge is 2.08. The summed E-state index contributed by atoms with van der Waals surface area (Å²) >= 11 is 0. The fourth-order valence-electron chi connectivity index (χ4n) is 1.65. The van der Waals surface area contributed by atoms with Crippen molar-refractivity contribution in [2.45, 2.75) is 13.3 Å². The second-order valence-corrected chi connectivity index (χ2v) is 4.02. The lowest BCUT2D eigenvalue weighted by Crippen LogP contribution is -2.05. The number of ether oxygens (including phenoxy) is 1. The van der Waals surface area contributed by atoms with Crippen LogP contribution in [0.15, 0.2) is 36.5 Å². The van der Waals surface area contributed by atoms with Gasteiger partial charge in [-0.1, -0.05) is 12.1 Å². The molecule has 2 aromatic rings. The number of nitrogens with zero attached hydrogens (tertiary/aromatic N) is 1. The Kier molecular flexibility index (Phi) is 3.89. The number of hydrogen-bond acceptors (Lipinski definition) is 3. The van der Waals surface area contributed by atoms with Gasteiger partial charge in [0.05, 0.1) is 0 Å². The number of benzene rings is 1. The van der Waals surface area contributed by atoms with E-state index in [2.05, 4.69) is 4.98 Å². The van der Waals surface area contributed by atoms with Crippen molar-refractivity contribution >= 4 is 0 Å². The number of aromatic nitrogens is 1. The smallest absolute Gasteiger partial charge is 0.222 e. The van der Waals surface area contributed by atoms with E-state index in [-0.39, 0.29) is 5.82 Å². The van der Waals surface area contributed by atoms with Gasteiger partial charge in [0.15, 0.2) is 0 Å². The molecule has 0 aliphatic heterocycles. The predicted molar refractivity (Wildman–Crippen MR) is 68.2 cm³/mol. The Morgan fingerprint density at radius 3 is 2.94 bits per heavy atom. The maximum absolute atomic E-state index is 13.2. The lowest BCUT2D eigenvalue weighted by Gasteiger charge is -2.11. The van der Waals surface area contributed by atoms with Gasteiger partial charge < -0.3 is 10.5 Å². The minimum Gasteiger partial charge on any atom is -0.438 e. The Morgan fingerprint density at radius 2 is 2.17 bits per heavy atom. The molecule has 1 aromatic carbocycles. The van der Waals surface area contributed by atoms with Crippen LogP contribution in [0, 0.1) is 12.7 Å². The molecule has 2 N–H and O–H groups in total. The molecular formula is C14H15FN2O. The van der Waals surface area contributed by atoms with E-state index in [1.54, 1.807) is 12.3 Å². The highest BCUT2D eigenvalue weighted by Crippen LogP contribution is 2.26. The Labute approximate surface area is 105 Å². The lowest BCUT2D eigenvalue weighted by atomic mass is 10.2. The highest BCUT2D eigenvalue weighted by atomic mass is 19.1. The lowest BCUT2D eigenvalue weighted by molar-refractivity contribution is 0.448. The van der Waals surface area contributed by atoms with Crippen molar-refractivity contribution in [3.05, 3.63) is 53.5 Å². The molecule has 4 heteroatoms. The van der Waals surface area contributed by atoms with E-state index in [1.165, 1.54) is 12.1 Å². The maximum Gasteiger partial charge on any atom is 0.222 e. The van der Waals surface area contributed by atoms with Crippen molar-refractivity contribution in [3.63, 3.8) is 0 Å². The highest BCUT2D eigenvalue weighted by molar-refractivity contribution is 5.37. The Hall–Kier alpha value is -1.94. The number of aryl methyl sites for hydroxylation is 1. The molecule has 0 bridgehead atoms. The molecule has 0 fully saturated rings. The minimum atomic E-state index is -0.327. The summed E-state index contributed by atoms with van der Waals surface area (Å²) in [5, 5.41) is 0. The molecule has 1 heterocycles. The van der Waals surface area contributed by atoms with Gasteiger partial charge in [0, 0.05) is 17.8 Å². The average Bonchev–Trinajstić information content (AvgIpc) is 2.36. The van der Waals surface area contributed by atoms with Crippen LogP contribution in [0.2, 0.25) is 0 Å². The van der Waals surface area contributed by atoms with Gasteiger partial charge in [0.2, 0.25) is 5.88 Å². The zero-order valence-corrected chi connectivity index (χ0v) is 10.2. The van der Waals surface area contributed by atoms with Gasteiger partial charge in [0.25, 0.3) is 0 Å². The van der Waals surface area contributed by atoms with Crippen LogP contribution in [0.5, 0.6) is 11.6 Å². The van der Waals surface area contributed by atoms with Gasteiger partial charge in [-0.25, -0.2) is 9.37 Å². The molecule has 0 spiro atoms. The van der Waals surface area contributed by atoms with E-state index < -0.39 is 0 Å². The third kappa shape index (κ3) is 2.84. The molecule has 1 aromatic heterocycles. The monoisotopic (exact) mass is 246 g/mol. The van der Waals surface area contributed by atoms with Crippen LogP contribution >= 0.6 is 0 Å². The third-order valence-corrected chi connectivity index (χ3v) is 2.62. The second kappa shape index (κ2) is 5.60.